The zero-order valence-corrected chi connectivity index (χ0v) is 13.1. The van der Waals surface area contributed by atoms with Gasteiger partial charge in [-0.15, -0.1) is 0 Å². The van der Waals surface area contributed by atoms with Crippen LogP contribution in [0.15, 0.2) is 29.2 Å². The van der Waals surface area contributed by atoms with Crippen LogP contribution in [0.4, 0.5) is 0 Å². The van der Waals surface area contributed by atoms with E-state index in [2.05, 4.69) is 33.0 Å². The summed E-state index contributed by atoms with van der Waals surface area (Å²) >= 11 is 0. The molecule has 0 radical (unpaired) electrons. The average Bonchev–Trinajstić information content (AvgIpc) is 2.34. The van der Waals surface area contributed by atoms with Crippen LogP contribution in [0, 0.1) is 0 Å². The van der Waals surface area contributed by atoms with Crippen LogP contribution in [0.5, 0.6) is 0 Å². The van der Waals surface area contributed by atoms with Gasteiger partial charge in [-0.3, -0.25) is 0 Å². The van der Waals surface area contributed by atoms with Gasteiger partial charge < -0.3 is 5.32 Å². The van der Waals surface area contributed by atoms with Gasteiger partial charge in [0.1, 0.15) is 0 Å². The fourth-order valence-corrected chi connectivity index (χ4v) is 3.14. The molecule has 0 spiro atoms. The zero-order valence-electron chi connectivity index (χ0n) is 12.3. The first kappa shape index (κ1) is 16.2. The van der Waals surface area contributed by atoms with Crippen molar-refractivity contribution in [3.63, 3.8) is 0 Å². The number of sulfone groups is 1. The van der Waals surface area contributed by atoms with Crippen molar-refractivity contribution in [2.75, 3.05) is 12.3 Å². The quantitative estimate of drug-likeness (QED) is 0.783. The maximum atomic E-state index is 12.1. The number of hydrogen-bond acceptors (Lipinski definition) is 3. The van der Waals surface area contributed by atoms with Crippen LogP contribution in [0.2, 0.25) is 0 Å². The normalized spacial score (nSPS) is 12.3. The molecule has 0 aromatic heterocycles. The largest absolute Gasteiger partial charge is 0.314 e. The van der Waals surface area contributed by atoms with Gasteiger partial charge in [0.05, 0.1) is 10.6 Å². The van der Waals surface area contributed by atoms with Gasteiger partial charge in [-0.2, -0.15) is 0 Å². The molecule has 108 valence electrons. The van der Waals surface area contributed by atoms with Crippen molar-refractivity contribution < 1.29 is 8.42 Å². The van der Waals surface area contributed by atoms with E-state index in [1.807, 2.05) is 12.1 Å². The van der Waals surface area contributed by atoms with E-state index in [9.17, 15) is 8.42 Å². The summed E-state index contributed by atoms with van der Waals surface area (Å²) in [7, 11) is -3.14. The molecule has 0 heterocycles. The van der Waals surface area contributed by atoms with E-state index in [0.29, 0.717) is 23.3 Å². The highest BCUT2D eigenvalue weighted by Gasteiger charge is 2.14. The molecule has 0 bridgehead atoms. The summed E-state index contributed by atoms with van der Waals surface area (Å²) in [4.78, 5) is 0.432. The Kier molecular flexibility index (Phi) is 6.01. The monoisotopic (exact) mass is 283 g/mol. The van der Waals surface area contributed by atoms with Crippen molar-refractivity contribution >= 4 is 9.84 Å². The third-order valence-corrected chi connectivity index (χ3v) is 4.86. The van der Waals surface area contributed by atoms with Crippen LogP contribution >= 0.6 is 0 Å². The smallest absolute Gasteiger partial charge is 0.178 e. The van der Waals surface area contributed by atoms with Gasteiger partial charge in [-0.1, -0.05) is 39.8 Å². The Bertz CT molecular complexity index is 475. The number of hydrogen-bond donors (Lipinski definition) is 1. The number of benzene rings is 1. The Morgan fingerprint density at radius 2 is 1.63 bits per heavy atom. The Labute approximate surface area is 117 Å². The summed E-state index contributed by atoms with van der Waals surface area (Å²) in [6, 6.07) is 7.66. The predicted octanol–water partition coefficient (Wildman–Crippen LogP) is 2.97. The minimum atomic E-state index is -3.14. The first-order valence-electron chi connectivity index (χ1n) is 6.89. The fraction of sp³-hybridized carbons (Fsp3) is 0.600. The van der Waals surface area contributed by atoms with E-state index in [1.54, 1.807) is 12.1 Å². The highest BCUT2D eigenvalue weighted by Crippen LogP contribution is 2.18. The van der Waals surface area contributed by atoms with E-state index in [-0.39, 0.29) is 5.75 Å². The molecule has 0 aliphatic heterocycles. The van der Waals surface area contributed by atoms with E-state index in [4.69, 9.17) is 0 Å². The van der Waals surface area contributed by atoms with Gasteiger partial charge in [-0.25, -0.2) is 8.42 Å². The van der Waals surface area contributed by atoms with E-state index in [0.717, 1.165) is 6.54 Å². The van der Waals surface area contributed by atoms with Crippen LogP contribution < -0.4 is 5.32 Å². The molecule has 19 heavy (non-hydrogen) atoms. The van der Waals surface area contributed by atoms with E-state index < -0.39 is 9.84 Å². The van der Waals surface area contributed by atoms with E-state index >= 15 is 0 Å². The van der Waals surface area contributed by atoms with Gasteiger partial charge >= 0.3 is 0 Å². The molecule has 1 rings (SSSR count). The lowest BCUT2D eigenvalue weighted by Crippen LogP contribution is -2.25. The first-order valence-corrected chi connectivity index (χ1v) is 8.54. The first-order chi connectivity index (χ1) is 8.83. The highest BCUT2D eigenvalue weighted by atomic mass is 32.2. The number of rotatable bonds is 7. The molecule has 1 aromatic carbocycles. The van der Waals surface area contributed by atoms with Crippen LogP contribution in [-0.2, 0) is 9.84 Å². The number of nitrogens with one attached hydrogen (secondary N) is 1. The second-order valence-electron chi connectivity index (χ2n) is 5.50. The van der Waals surface area contributed by atoms with Gasteiger partial charge in [0.2, 0.25) is 0 Å². The Hall–Kier alpha value is -0.870. The molecule has 0 aliphatic carbocycles. The molecule has 0 fully saturated rings. The molecule has 4 heteroatoms. The van der Waals surface area contributed by atoms with Gasteiger partial charge in [0.15, 0.2) is 9.84 Å². The topological polar surface area (TPSA) is 46.2 Å². The lowest BCUT2D eigenvalue weighted by atomic mass is 10.0. The standard InChI is InChI=1S/C15H25NO2S/c1-12(2)14-6-8-15(9-7-14)19(17,18)11-5-10-16-13(3)4/h6-9,12-13,16H,5,10-11H2,1-4H3. The zero-order chi connectivity index (χ0) is 14.5. The van der Waals surface area contributed by atoms with Crippen LogP contribution in [-0.4, -0.2) is 26.8 Å². The molecule has 0 saturated heterocycles. The third-order valence-electron chi connectivity index (χ3n) is 3.05. The second-order valence-corrected chi connectivity index (χ2v) is 7.61. The van der Waals surface area contributed by atoms with Crippen LogP contribution in [0.1, 0.15) is 45.6 Å². The van der Waals surface area contributed by atoms with Crippen molar-refractivity contribution in [2.45, 2.75) is 51.0 Å². The molecule has 1 aromatic rings. The third kappa shape index (κ3) is 5.33. The van der Waals surface area contributed by atoms with Crippen LogP contribution in [0.3, 0.4) is 0 Å². The van der Waals surface area contributed by atoms with Crippen molar-refractivity contribution in [1.82, 2.24) is 5.32 Å². The van der Waals surface area contributed by atoms with Gasteiger partial charge in [-0.05, 0) is 36.6 Å². The van der Waals surface area contributed by atoms with Crippen molar-refractivity contribution in [1.29, 1.82) is 0 Å². The van der Waals surface area contributed by atoms with Crippen LogP contribution in [0.25, 0.3) is 0 Å². The summed E-state index contributed by atoms with van der Waals surface area (Å²) in [6.07, 6.45) is 0.645. The minimum Gasteiger partial charge on any atom is -0.314 e. The van der Waals surface area contributed by atoms with Crippen molar-refractivity contribution in [2.24, 2.45) is 0 Å². The van der Waals surface area contributed by atoms with Crippen molar-refractivity contribution in [3.8, 4) is 0 Å². The summed E-state index contributed by atoms with van der Waals surface area (Å²) in [5.74, 6) is 0.625. The Morgan fingerprint density at radius 1 is 1.05 bits per heavy atom. The second kappa shape index (κ2) is 7.06. The lowest BCUT2D eigenvalue weighted by Gasteiger charge is -2.09. The van der Waals surface area contributed by atoms with E-state index in [1.165, 1.54) is 5.56 Å². The van der Waals surface area contributed by atoms with Gasteiger partial charge in [0.25, 0.3) is 0 Å². The van der Waals surface area contributed by atoms with Gasteiger partial charge in [0, 0.05) is 6.04 Å². The molecule has 0 aliphatic rings. The highest BCUT2D eigenvalue weighted by molar-refractivity contribution is 7.91. The maximum absolute atomic E-state index is 12.1. The Morgan fingerprint density at radius 3 is 2.11 bits per heavy atom. The average molecular weight is 283 g/mol. The molecule has 1 N–H and O–H groups in total. The molecule has 0 unspecified atom stereocenters. The molecular weight excluding hydrogens is 258 g/mol. The molecule has 0 atom stereocenters. The lowest BCUT2D eigenvalue weighted by molar-refractivity contribution is 0.568. The summed E-state index contributed by atoms with van der Waals surface area (Å²) in [5, 5.41) is 3.23. The molecule has 3 nitrogen and oxygen atoms in total. The Balaban J connectivity index is 2.62. The van der Waals surface area contributed by atoms with Crippen molar-refractivity contribution in [3.05, 3.63) is 29.8 Å². The SMILES string of the molecule is CC(C)NCCCS(=O)(=O)c1ccc(C(C)C)cc1. The predicted molar refractivity (Wildman–Crippen MR) is 80.3 cm³/mol. The molecular formula is C15H25NO2S. The minimum absolute atomic E-state index is 0.202. The fourth-order valence-electron chi connectivity index (χ4n) is 1.83. The summed E-state index contributed by atoms with van der Waals surface area (Å²) in [5.41, 5.74) is 1.17. The summed E-state index contributed by atoms with van der Waals surface area (Å²) in [6.45, 7) is 9.04. The molecule has 0 amide bonds. The summed E-state index contributed by atoms with van der Waals surface area (Å²) < 4.78 is 24.3. The molecule has 0 saturated carbocycles. The maximum Gasteiger partial charge on any atom is 0.178 e.